The van der Waals surface area contributed by atoms with Crippen molar-refractivity contribution in [3.05, 3.63) is 23.8 Å². The SMILES string of the molecule is Cc1ccc2nc(NC(=O)CSC3CCCCC3)sc2c1. The second-order valence-corrected chi connectivity index (χ2v) is 7.93. The van der Waals surface area contributed by atoms with Gasteiger partial charge in [-0.2, -0.15) is 0 Å². The monoisotopic (exact) mass is 320 g/mol. The Morgan fingerprint density at radius 1 is 1.38 bits per heavy atom. The molecule has 1 aliphatic carbocycles. The zero-order chi connectivity index (χ0) is 14.7. The minimum Gasteiger partial charge on any atom is -0.301 e. The van der Waals surface area contributed by atoms with E-state index in [1.807, 2.05) is 12.1 Å². The number of benzene rings is 1. The van der Waals surface area contributed by atoms with E-state index in [0.29, 0.717) is 16.1 Å². The van der Waals surface area contributed by atoms with Gasteiger partial charge < -0.3 is 5.32 Å². The number of rotatable bonds is 4. The van der Waals surface area contributed by atoms with Crippen LogP contribution in [0.15, 0.2) is 18.2 Å². The lowest BCUT2D eigenvalue weighted by molar-refractivity contribution is -0.113. The Kier molecular flexibility index (Phi) is 4.80. The van der Waals surface area contributed by atoms with Crippen LogP contribution in [0.3, 0.4) is 0 Å². The Balaban J connectivity index is 1.55. The van der Waals surface area contributed by atoms with Crippen LogP contribution in [-0.4, -0.2) is 21.9 Å². The molecule has 0 aliphatic heterocycles. The van der Waals surface area contributed by atoms with Crippen molar-refractivity contribution in [3.8, 4) is 0 Å². The van der Waals surface area contributed by atoms with Crippen molar-refractivity contribution in [2.45, 2.75) is 44.3 Å². The van der Waals surface area contributed by atoms with E-state index in [-0.39, 0.29) is 5.91 Å². The summed E-state index contributed by atoms with van der Waals surface area (Å²) in [4.78, 5) is 16.5. The standard InChI is InChI=1S/C16H20N2OS2/c1-11-7-8-13-14(9-11)21-16(17-13)18-15(19)10-20-12-5-3-2-4-6-12/h7-9,12H,2-6,10H2,1H3,(H,17,18,19). The van der Waals surface area contributed by atoms with Gasteiger partial charge in [-0.3, -0.25) is 4.79 Å². The molecule has 0 spiro atoms. The molecule has 1 fully saturated rings. The van der Waals surface area contributed by atoms with Crippen molar-refractivity contribution in [1.82, 2.24) is 4.98 Å². The summed E-state index contributed by atoms with van der Waals surface area (Å²) in [5.74, 6) is 0.612. The van der Waals surface area contributed by atoms with E-state index < -0.39 is 0 Å². The molecular weight excluding hydrogens is 300 g/mol. The third kappa shape index (κ3) is 3.98. The summed E-state index contributed by atoms with van der Waals surface area (Å²) >= 11 is 3.35. The molecule has 112 valence electrons. The fourth-order valence-corrected chi connectivity index (χ4v) is 4.77. The van der Waals surface area contributed by atoms with Crippen LogP contribution in [0.25, 0.3) is 10.2 Å². The highest BCUT2D eigenvalue weighted by atomic mass is 32.2. The Morgan fingerprint density at radius 2 is 2.19 bits per heavy atom. The van der Waals surface area contributed by atoms with Crippen LogP contribution in [0, 0.1) is 6.92 Å². The maximum atomic E-state index is 12.0. The molecule has 1 aromatic carbocycles. The van der Waals surface area contributed by atoms with Crippen LogP contribution >= 0.6 is 23.1 Å². The fraction of sp³-hybridized carbons (Fsp3) is 0.500. The van der Waals surface area contributed by atoms with Gasteiger partial charge in [-0.25, -0.2) is 4.98 Å². The molecule has 2 aromatic rings. The van der Waals surface area contributed by atoms with Crippen LogP contribution in [0.1, 0.15) is 37.7 Å². The minimum absolute atomic E-state index is 0.0707. The summed E-state index contributed by atoms with van der Waals surface area (Å²) in [6.07, 6.45) is 6.51. The third-order valence-corrected chi connectivity index (χ3v) is 6.10. The molecule has 21 heavy (non-hydrogen) atoms. The van der Waals surface area contributed by atoms with Gasteiger partial charge in [-0.1, -0.05) is 36.7 Å². The molecule has 3 rings (SSSR count). The number of nitrogens with one attached hydrogen (secondary N) is 1. The topological polar surface area (TPSA) is 42.0 Å². The molecule has 0 radical (unpaired) electrons. The van der Waals surface area contributed by atoms with Gasteiger partial charge in [0.2, 0.25) is 5.91 Å². The summed E-state index contributed by atoms with van der Waals surface area (Å²) in [7, 11) is 0. The number of thiazole rings is 1. The zero-order valence-corrected chi connectivity index (χ0v) is 13.9. The number of aromatic nitrogens is 1. The van der Waals surface area contributed by atoms with Crippen LogP contribution in [0.4, 0.5) is 5.13 Å². The Bertz CT molecular complexity index is 632. The molecule has 0 atom stereocenters. The lowest BCUT2D eigenvalue weighted by Gasteiger charge is -2.20. The van der Waals surface area contributed by atoms with Gasteiger partial charge >= 0.3 is 0 Å². The molecule has 0 bridgehead atoms. The van der Waals surface area contributed by atoms with E-state index in [4.69, 9.17) is 0 Å². The van der Waals surface area contributed by atoms with Crippen LogP contribution < -0.4 is 5.32 Å². The van der Waals surface area contributed by atoms with Crippen molar-refractivity contribution >= 4 is 44.4 Å². The molecule has 1 N–H and O–H groups in total. The number of hydrogen-bond donors (Lipinski definition) is 1. The highest BCUT2D eigenvalue weighted by molar-refractivity contribution is 8.00. The van der Waals surface area contributed by atoms with E-state index in [1.54, 1.807) is 23.1 Å². The molecule has 1 aliphatic rings. The lowest BCUT2D eigenvalue weighted by atomic mass is 10.0. The predicted octanol–water partition coefficient (Wildman–Crippen LogP) is 4.61. The first kappa shape index (κ1) is 14.9. The summed E-state index contributed by atoms with van der Waals surface area (Å²) in [5, 5.41) is 4.32. The number of hydrogen-bond acceptors (Lipinski definition) is 4. The van der Waals surface area contributed by atoms with Gasteiger partial charge in [0.1, 0.15) is 0 Å². The number of carbonyl (C=O) groups is 1. The number of aryl methyl sites for hydroxylation is 1. The number of nitrogens with zero attached hydrogens (tertiary/aromatic N) is 1. The van der Waals surface area contributed by atoms with Crippen molar-refractivity contribution in [1.29, 1.82) is 0 Å². The van der Waals surface area contributed by atoms with Crippen LogP contribution in [0.2, 0.25) is 0 Å². The molecule has 5 heteroatoms. The average Bonchev–Trinajstić information content (AvgIpc) is 2.87. The minimum atomic E-state index is 0.0707. The molecule has 1 aromatic heterocycles. The maximum absolute atomic E-state index is 12.0. The second kappa shape index (κ2) is 6.79. The fourth-order valence-electron chi connectivity index (χ4n) is 2.67. The largest absolute Gasteiger partial charge is 0.301 e. The van der Waals surface area contributed by atoms with E-state index in [1.165, 1.54) is 37.7 Å². The Labute approximate surface area is 133 Å². The quantitative estimate of drug-likeness (QED) is 0.894. The van der Waals surface area contributed by atoms with Crippen molar-refractivity contribution in [2.24, 2.45) is 0 Å². The van der Waals surface area contributed by atoms with E-state index in [9.17, 15) is 4.79 Å². The van der Waals surface area contributed by atoms with Gasteiger partial charge in [-0.15, -0.1) is 11.8 Å². The van der Waals surface area contributed by atoms with Gasteiger partial charge in [-0.05, 0) is 37.5 Å². The zero-order valence-electron chi connectivity index (χ0n) is 12.2. The Morgan fingerprint density at radius 3 is 3.00 bits per heavy atom. The smallest absolute Gasteiger partial charge is 0.236 e. The first-order chi connectivity index (χ1) is 10.2. The van der Waals surface area contributed by atoms with Crippen molar-refractivity contribution in [2.75, 3.05) is 11.1 Å². The predicted molar refractivity (Wildman–Crippen MR) is 92.3 cm³/mol. The van der Waals surface area contributed by atoms with E-state index >= 15 is 0 Å². The van der Waals surface area contributed by atoms with Gasteiger partial charge in [0.15, 0.2) is 5.13 Å². The normalized spacial score (nSPS) is 16.2. The van der Waals surface area contributed by atoms with Crippen molar-refractivity contribution in [3.63, 3.8) is 0 Å². The van der Waals surface area contributed by atoms with Gasteiger partial charge in [0.05, 0.1) is 16.0 Å². The molecule has 1 amide bonds. The second-order valence-electron chi connectivity index (χ2n) is 5.61. The number of anilines is 1. The first-order valence-corrected chi connectivity index (χ1v) is 9.36. The summed E-state index contributed by atoms with van der Waals surface area (Å²) in [6, 6.07) is 6.17. The number of amides is 1. The van der Waals surface area contributed by atoms with Gasteiger partial charge in [0, 0.05) is 5.25 Å². The Hall–Kier alpha value is -1.07. The van der Waals surface area contributed by atoms with E-state index in [0.717, 1.165) is 10.2 Å². The maximum Gasteiger partial charge on any atom is 0.236 e. The summed E-state index contributed by atoms with van der Waals surface area (Å²) in [5.41, 5.74) is 2.18. The lowest BCUT2D eigenvalue weighted by Crippen LogP contribution is -2.17. The van der Waals surface area contributed by atoms with Gasteiger partial charge in [0.25, 0.3) is 0 Å². The number of thioether (sulfide) groups is 1. The molecule has 0 unspecified atom stereocenters. The molecule has 1 saturated carbocycles. The van der Waals surface area contributed by atoms with E-state index in [2.05, 4.69) is 23.3 Å². The highest BCUT2D eigenvalue weighted by Crippen LogP contribution is 2.29. The molecular formula is C16H20N2OS2. The van der Waals surface area contributed by atoms with Crippen LogP contribution in [-0.2, 0) is 4.79 Å². The highest BCUT2D eigenvalue weighted by Gasteiger charge is 2.16. The molecule has 1 heterocycles. The number of fused-ring (bicyclic) bond motifs is 1. The number of carbonyl (C=O) groups excluding carboxylic acids is 1. The molecule has 0 saturated heterocycles. The first-order valence-electron chi connectivity index (χ1n) is 7.49. The summed E-state index contributed by atoms with van der Waals surface area (Å²) < 4.78 is 1.13. The van der Waals surface area contributed by atoms with Crippen LogP contribution in [0.5, 0.6) is 0 Å². The third-order valence-electron chi connectivity index (χ3n) is 3.79. The summed E-state index contributed by atoms with van der Waals surface area (Å²) in [6.45, 7) is 2.07. The average molecular weight is 320 g/mol. The molecule has 3 nitrogen and oxygen atoms in total. The van der Waals surface area contributed by atoms with Crippen molar-refractivity contribution < 1.29 is 4.79 Å².